The Labute approximate surface area is 90.4 Å². The lowest BCUT2D eigenvalue weighted by Gasteiger charge is -2.05. The molecule has 1 fully saturated rings. The van der Waals surface area contributed by atoms with E-state index in [1.165, 1.54) is 0 Å². The zero-order valence-electron chi connectivity index (χ0n) is 12.7. The first-order valence-electron chi connectivity index (χ1n) is 7.31. The maximum absolute atomic E-state index is 8.03. The van der Waals surface area contributed by atoms with Gasteiger partial charge in [0.25, 0.3) is 0 Å². The van der Waals surface area contributed by atoms with Gasteiger partial charge in [-0.25, -0.2) is 0 Å². The lowest BCUT2D eigenvalue weighted by atomic mass is 9.98. The van der Waals surface area contributed by atoms with Crippen LogP contribution in [0, 0.1) is 0 Å². The van der Waals surface area contributed by atoms with Crippen LogP contribution in [-0.4, -0.2) is 18.1 Å². The maximum atomic E-state index is 8.03. The summed E-state index contributed by atoms with van der Waals surface area (Å²) >= 11 is 0. The van der Waals surface area contributed by atoms with Crippen molar-refractivity contribution in [2.24, 2.45) is 0 Å². The largest absolute Gasteiger partial charge is 0.361 e. The van der Waals surface area contributed by atoms with Gasteiger partial charge in [-0.3, -0.25) is 0 Å². The van der Waals surface area contributed by atoms with Gasteiger partial charge in [0.05, 0.1) is 6.85 Å². The molecule has 1 saturated heterocycles. The first-order valence-corrected chi connectivity index (χ1v) is 4.81. The monoisotopic (exact) mass is 191 g/mol. The Kier molecular flexibility index (Phi) is 1.01. The van der Waals surface area contributed by atoms with Crippen molar-refractivity contribution in [3.8, 4) is 0 Å². The zero-order valence-corrected chi connectivity index (χ0v) is 7.70. The molecule has 2 heterocycles. The normalized spacial score (nSPS) is 26.9. The quantitative estimate of drug-likeness (QED) is 0.711. The number of nitrogens with one attached hydrogen (secondary N) is 2. The van der Waals surface area contributed by atoms with Gasteiger partial charge in [-0.05, 0) is 30.5 Å². The van der Waals surface area contributed by atoms with Gasteiger partial charge in [0.1, 0.15) is 0 Å². The molecule has 1 atom stereocenters. The van der Waals surface area contributed by atoms with Crippen LogP contribution in [0.4, 0.5) is 0 Å². The van der Waals surface area contributed by atoms with Gasteiger partial charge in [-0.15, -0.1) is 0 Å². The van der Waals surface area contributed by atoms with E-state index in [4.69, 9.17) is 6.85 Å². The molecule has 2 nitrogen and oxygen atoms in total. The number of aromatic amines is 1. The Morgan fingerprint density at radius 2 is 2.29 bits per heavy atom. The van der Waals surface area contributed by atoms with Gasteiger partial charge >= 0.3 is 0 Å². The van der Waals surface area contributed by atoms with Crippen molar-refractivity contribution < 1.29 is 6.85 Å². The van der Waals surface area contributed by atoms with Crippen LogP contribution in [0.2, 0.25) is 0 Å². The van der Waals surface area contributed by atoms with Gasteiger partial charge < -0.3 is 10.3 Å². The second kappa shape index (κ2) is 3.14. The molecule has 1 aliphatic rings. The molecular weight excluding hydrogens is 172 g/mol. The van der Waals surface area contributed by atoms with Crippen molar-refractivity contribution in [1.29, 1.82) is 0 Å². The van der Waals surface area contributed by atoms with E-state index in [9.17, 15) is 0 Å². The summed E-state index contributed by atoms with van der Waals surface area (Å²) in [5.41, 5.74) is 1.06. The van der Waals surface area contributed by atoms with Crippen LogP contribution in [0.1, 0.15) is 24.8 Å². The van der Waals surface area contributed by atoms with E-state index < -0.39 is 0 Å². The molecule has 0 radical (unpaired) electrons. The SMILES string of the molecule is [2H]c1[nH]c2c([2H])c([2H])c([2H])c([2H])c2c1[C@H]1CCNC1. The Morgan fingerprint density at radius 1 is 1.36 bits per heavy atom. The molecule has 3 rings (SSSR count). The third-order valence-corrected chi connectivity index (χ3v) is 2.75. The van der Waals surface area contributed by atoms with Crippen molar-refractivity contribution in [3.63, 3.8) is 0 Å². The predicted molar refractivity (Wildman–Crippen MR) is 58.5 cm³/mol. The van der Waals surface area contributed by atoms with Crippen LogP contribution in [0.25, 0.3) is 10.9 Å². The third kappa shape index (κ3) is 1.15. The molecule has 0 spiro atoms. The van der Waals surface area contributed by atoms with Gasteiger partial charge in [0.2, 0.25) is 0 Å². The summed E-state index contributed by atoms with van der Waals surface area (Å²) in [5, 5.41) is 3.70. The fourth-order valence-corrected chi connectivity index (χ4v) is 2.01. The van der Waals surface area contributed by atoms with Crippen molar-refractivity contribution in [3.05, 3.63) is 35.9 Å². The molecule has 72 valence electrons. The highest BCUT2D eigenvalue weighted by Crippen LogP contribution is 2.28. The van der Waals surface area contributed by atoms with Gasteiger partial charge in [-0.2, -0.15) is 0 Å². The first-order chi connectivity index (χ1) is 9.02. The minimum absolute atomic E-state index is 0.0485. The summed E-state index contributed by atoms with van der Waals surface area (Å²) in [4.78, 5) is 2.81. The topological polar surface area (TPSA) is 27.8 Å². The average molecular weight is 191 g/mol. The van der Waals surface area contributed by atoms with Crippen molar-refractivity contribution in [2.45, 2.75) is 12.3 Å². The van der Waals surface area contributed by atoms with E-state index in [0.29, 0.717) is 16.5 Å². The molecule has 14 heavy (non-hydrogen) atoms. The molecular formula is C12H14N2. The van der Waals surface area contributed by atoms with Crippen LogP contribution in [-0.2, 0) is 0 Å². The Morgan fingerprint density at radius 3 is 3.14 bits per heavy atom. The van der Waals surface area contributed by atoms with Crippen LogP contribution in [0.3, 0.4) is 0 Å². The summed E-state index contributed by atoms with van der Waals surface area (Å²) in [6.45, 7) is 1.63. The summed E-state index contributed by atoms with van der Waals surface area (Å²) in [5.74, 6) is 0.140. The van der Waals surface area contributed by atoms with E-state index in [1.807, 2.05) is 0 Å². The maximum Gasteiger partial charge on any atom is 0.0819 e. The van der Waals surface area contributed by atoms with Crippen LogP contribution in [0.5, 0.6) is 0 Å². The minimum Gasteiger partial charge on any atom is -0.361 e. The number of fused-ring (bicyclic) bond motifs is 1. The van der Waals surface area contributed by atoms with E-state index in [-0.39, 0.29) is 36.3 Å². The Balaban J connectivity index is 2.36. The first kappa shape index (κ1) is 4.49. The number of aromatic nitrogens is 1. The van der Waals surface area contributed by atoms with Crippen LogP contribution < -0.4 is 5.32 Å². The Hall–Kier alpha value is -1.28. The molecule has 2 aromatic rings. The molecule has 1 aromatic carbocycles. The molecule has 2 heteroatoms. The Bertz CT molecular complexity index is 658. The zero-order chi connectivity index (χ0) is 13.7. The summed E-state index contributed by atoms with van der Waals surface area (Å²) < 4.78 is 39.4. The van der Waals surface area contributed by atoms with Crippen molar-refractivity contribution >= 4 is 10.9 Å². The molecule has 1 aliphatic heterocycles. The van der Waals surface area contributed by atoms with E-state index in [2.05, 4.69) is 10.3 Å². The average Bonchev–Trinajstić information content (AvgIpc) is 3.00. The predicted octanol–water partition coefficient (Wildman–Crippen LogP) is 2.24. The second-order valence-corrected chi connectivity index (χ2v) is 3.60. The smallest absolute Gasteiger partial charge is 0.0819 e. The fraction of sp³-hybridized carbons (Fsp3) is 0.333. The van der Waals surface area contributed by atoms with Crippen molar-refractivity contribution in [1.82, 2.24) is 10.3 Å². The number of rotatable bonds is 1. The molecule has 0 amide bonds. The highest BCUT2D eigenvalue weighted by molar-refractivity contribution is 5.83. The molecule has 1 aromatic heterocycles. The van der Waals surface area contributed by atoms with E-state index in [0.717, 1.165) is 19.5 Å². The van der Waals surface area contributed by atoms with Crippen molar-refractivity contribution in [2.75, 3.05) is 13.1 Å². The highest BCUT2D eigenvalue weighted by Gasteiger charge is 2.19. The summed E-state index contributed by atoms with van der Waals surface area (Å²) in [6, 6.07) is -0.632. The fourth-order valence-electron chi connectivity index (χ4n) is 2.01. The number of H-pyrrole nitrogens is 1. The molecule has 0 unspecified atom stereocenters. The standard InChI is InChI=1S/C12H14N2/c1-2-4-12-10(3-1)11(8-14-12)9-5-6-13-7-9/h1-4,8-9,13-14H,5-7H2/t9-/m0/s1/i1D,2D,3D,4D,8D. The molecule has 2 N–H and O–H groups in total. The summed E-state index contributed by atoms with van der Waals surface area (Å²) in [6.07, 6.45) is 1.09. The number of para-hydroxylation sites is 1. The van der Waals surface area contributed by atoms with E-state index >= 15 is 0 Å². The second-order valence-electron chi connectivity index (χ2n) is 3.60. The number of hydrogen-bond donors (Lipinski definition) is 2. The molecule has 0 bridgehead atoms. The lowest BCUT2D eigenvalue weighted by molar-refractivity contribution is 0.769. The number of hydrogen-bond acceptors (Lipinski definition) is 1. The van der Waals surface area contributed by atoms with Gasteiger partial charge in [0, 0.05) is 23.6 Å². The highest BCUT2D eigenvalue weighted by atomic mass is 14.9. The van der Waals surface area contributed by atoms with Crippen LogP contribution in [0.15, 0.2) is 30.3 Å². The lowest BCUT2D eigenvalue weighted by Crippen LogP contribution is -2.07. The minimum atomic E-state index is -0.255. The van der Waals surface area contributed by atoms with Gasteiger partial charge in [0.15, 0.2) is 0 Å². The summed E-state index contributed by atoms with van der Waals surface area (Å²) in [7, 11) is 0. The van der Waals surface area contributed by atoms with Gasteiger partial charge in [-0.1, -0.05) is 18.1 Å². The molecule has 0 aliphatic carbocycles. The van der Waals surface area contributed by atoms with E-state index in [1.54, 1.807) is 0 Å². The third-order valence-electron chi connectivity index (χ3n) is 2.75. The molecule has 0 saturated carbocycles. The van der Waals surface area contributed by atoms with Crippen LogP contribution >= 0.6 is 0 Å². The number of benzene rings is 1.